The van der Waals surface area contributed by atoms with Crippen molar-refractivity contribution in [3.05, 3.63) is 77.3 Å². The summed E-state index contributed by atoms with van der Waals surface area (Å²) in [4.78, 5) is 31.9. The topological polar surface area (TPSA) is 76.5 Å². The molecule has 2 aromatic carbocycles. The summed E-state index contributed by atoms with van der Waals surface area (Å²) in [5, 5.41) is 3.70. The smallest absolute Gasteiger partial charge is 0.227 e. The second-order valence-corrected chi connectivity index (χ2v) is 7.90. The van der Waals surface area contributed by atoms with Crippen molar-refractivity contribution in [2.75, 3.05) is 18.6 Å². The number of aryl methyl sites for hydroxylation is 1. The van der Waals surface area contributed by atoms with Gasteiger partial charge in [-0.05, 0) is 29.8 Å². The van der Waals surface area contributed by atoms with Gasteiger partial charge in [-0.3, -0.25) is 9.59 Å². The van der Waals surface area contributed by atoms with Gasteiger partial charge in [0, 0.05) is 37.4 Å². The van der Waals surface area contributed by atoms with Gasteiger partial charge in [-0.15, -0.1) is 0 Å². The van der Waals surface area contributed by atoms with Crippen LogP contribution in [0.3, 0.4) is 0 Å². The molecule has 31 heavy (non-hydrogen) atoms. The number of imidazole rings is 1. The summed E-state index contributed by atoms with van der Waals surface area (Å²) >= 11 is 6.04. The molecule has 1 fully saturated rings. The third-order valence-electron chi connectivity index (χ3n) is 5.48. The van der Waals surface area contributed by atoms with Crippen molar-refractivity contribution < 1.29 is 14.3 Å². The zero-order chi connectivity index (χ0) is 22.0. The van der Waals surface area contributed by atoms with Crippen LogP contribution in [0.4, 0.5) is 5.69 Å². The van der Waals surface area contributed by atoms with Crippen LogP contribution in [0, 0.1) is 5.92 Å². The van der Waals surface area contributed by atoms with E-state index in [9.17, 15) is 9.59 Å². The van der Waals surface area contributed by atoms with Gasteiger partial charge >= 0.3 is 0 Å². The molecule has 0 bridgehead atoms. The molecule has 0 spiro atoms. The second-order valence-electron chi connectivity index (χ2n) is 7.47. The number of amides is 2. The summed E-state index contributed by atoms with van der Waals surface area (Å²) in [7, 11) is 3.44. The van der Waals surface area contributed by atoms with E-state index in [0.717, 1.165) is 5.56 Å². The molecule has 8 heteroatoms. The van der Waals surface area contributed by atoms with Gasteiger partial charge in [0.25, 0.3) is 0 Å². The number of nitrogens with one attached hydrogen (secondary N) is 1. The number of hydrogen-bond donors (Lipinski definition) is 1. The molecule has 1 N–H and O–H groups in total. The molecule has 0 radical (unpaired) electrons. The lowest BCUT2D eigenvalue weighted by atomic mass is 10.0. The van der Waals surface area contributed by atoms with E-state index >= 15 is 0 Å². The standard InChI is InChI=1S/C23H23ClN4O3/c1-27-12-11-25-22(27)21(15-7-9-17(24)10-8-15)26-23(30)16-13-20(29)28(14-16)18-5-3-4-6-19(18)31-2/h3-12,16,21H,13-14H2,1-2H3,(H,26,30)/t16-,21+/m1/s1. The van der Waals surface area contributed by atoms with Gasteiger partial charge < -0.3 is 19.5 Å². The Hall–Kier alpha value is -3.32. The Kier molecular flexibility index (Phi) is 5.95. The number of carbonyl (C=O) groups is 2. The molecule has 2 amide bonds. The van der Waals surface area contributed by atoms with E-state index in [1.807, 2.05) is 48.1 Å². The quantitative estimate of drug-likeness (QED) is 0.640. The van der Waals surface area contributed by atoms with Gasteiger partial charge in [0.2, 0.25) is 11.8 Å². The lowest BCUT2D eigenvalue weighted by molar-refractivity contribution is -0.126. The minimum atomic E-state index is -0.479. The molecule has 0 aliphatic carbocycles. The summed E-state index contributed by atoms with van der Waals surface area (Å²) in [6, 6.07) is 14.1. The number of anilines is 1. The monoisotopic (exact) mass is 438 g/mol. The van der Waals surface area contributed by atoms with E-state index in [1.165, 1.54) is 0 Å². The first-order valence-electron chi connectivity index (χ1n) is 9.94. The van der Waals surface area contributed by atoms with Crippen molar-refractivity contribution in [1.82, 2.24) is 14.9 Å². The Morgan fingerprint density at radius 1 is 1.23 bits per heavy atom. The molecule has 4 rings (SSSR count). The molecule has 1 aliphatic heterocycles. The zero-order valence-corrected chi connectivity index (χ0v) is 18.0. The van der Waals surface area contributed by atoms with Crippen molar-refractivity contribution in [3.63, 3.8) is 0 Å². The SMILES string of the molecule is COc1ccccc1N1C[C@H](C(=O)N[C@@H](c2ccc(Cl)cc2)c2nccn2C)CC1=O. The molecule has 7 nitrogen and oxygen atoms in total. The number of aromatic nitrogens is 2. The average Bonchev–Trinajstić information content (AvgIpc) is 3.38. The Bertz CT molecular complexity index is 1100. The summed E-state index contributed by atoms with van der Waals surface area (Å²) in [5.41, 5.74) is 1.53. The van der Waals surface area contributed by atoms with Crippen molar-refractivity contribution in [1.29, 1.82) is 0 Å². The molecule has 1 saturated heterocycles. The number of benzene rings is 2. The highest BCUT2D eigenvalue weighted by atomic mass is 35.5. The first-order valence-corrected chi connectivity index (χ1v) is 10.3. The number of rotatable bonds is 6. The van der Waals surface area contributed by atoms with Crippen molar-refractivity contribution in [2.45, 2.75) is 12.5 Å². The maximum Gasteiger partial charge on any atom is 0.227 e. The fourth-order valence-corrected chi connectivity index (χ4v) is 3.96. The van der Waals surface area contributed by atoms with Gasteiger partial charge in [-0.2, -0.15) is 0 Å². The van der Waals surface area contributed by atoms with Gasteiger partial charge in [-0.25, -0.2) is 4.98 Å². The number of carbonyl (C=O) groups excluding carboxylic acids is 2. The van der Waals surface area contributed by atoms with Gasteiger partial charge in [0.15, 0.2) is 0 Å². The number of ether oxygens (including phenoxy) is 1. The van der Waals surface area contributed by atoms with Crippen LogP contribution in [0.5, 0.6) is 5.75 Å². The molecule has 0 saturated carbocycles. The Labute approximate surface area is 185 Å². The number of para-hydroxylation sites is 2. The Morgan fingerprint density at radius 3 is 2.65 bits per heavy atom. The fourth-order valence-electron chi connectivity index (χ4n) is 3.84. The maximum atomic E-state index is 13.2. The largest absolute Gasteiger partial charge is 0.495 e. The lowest BCUT2D eigenvalue weighted by Gasteiger charge is -2.22. The van der Waals surface area contributed by atoms with Crippen molar-refractivity contribution in [2.24, 2.45) is 13.0 Å². The van der Waals surface area contributed by atoms with Crippen LogP contribution < -0.4 is 15.0 Å². The molecule has 160 valence electrons. The molecule has 1 aromatic heterocycles. The minimum absolute atomic E-state index is 0.107. The van der Waals surface area contributed by atoms with Gasteiger partial charge in [0.1, 0.15) is 17.6 Å². The maximum absolute atomic E-state index is 13.2. The predicted molar refractivity (Wildman–Crippen MR) is 118 cm³/mol. The number of methoxy groups -OCH3 is 1. The Morgan fingerprint density at radius 2 is 1.97 bits per heavy atom. The van der Waals surface area contributed by atoms with Crippen LogP contribution in [0.1, 0.15) is 23.9 Å². The third-order valence-corrected chi connectivity index (χ3v) is 5.73. The van der Waals surface area contributed by atoms with E-state index in [0.29, 0.717) is 28.8 Å². The first-order chi connectivity index (χ1) is 15.0. The van der Waals surface area contributed by atoms with Gasteiger partial charge in [-0.1, -0.05) is 35.9 Å². The summed E-state index contributed by atoms with van der Waals surface area (Å²) in [6.45, 7) is 0.291. The summed E-state index contributed by atoms with van der Waals surface area (Å²) in [5.74, 6) is 0.511. The van der Waals surface area contributed by atoms with Gasteiger partial charge in [0.05, 0.1) is 18.7 Å². The molecular weight excluding hydrogens is 416 g/mol. The van der Waals surface area contributed by atoms with E-state index in [2.05, 4.69) is 10.3 Å². The van der Waals surface area contributed by atoms with E-state index in [-0.39, 0.29) is 18.2 Å². The average molecular weight is 439 g/mol. The Balaban J connectivity index is 1.56. The number of nitrogens with zero attached hydrogens (tertiary/aromatic N) is 3. The van der Waals surface area contributed by atoms with Crippen LogP contribution in [-0.2, 0) is 16.6 Å². The number of halogens is 1. The van der Waals surface area contributed by atoms with Crippen molar-refractivity contribution >= 4 is 29.1 Å². The van der Waals surface area contributed by atoms with Crippen LogP contribution >= 0.6 is 11.6 Å². The van der Waals surface area contributed by atoms with E-state index in [4.69, 9.17) is 16.3 Å². The zero-order valence-electron chi connectivity index (χ0n) is 17.3. The lowest BCUT2D eigenvalue weighted by Crippen LogP contribution is -2.37. The van der Waals surface area contributed by atoms with Crippen LogP contribution in [0.25, 0.3) is 0 Å². The van der Waals surface area contributed by atoms with E-state index < -0.39 is 12.0 Å². The molecule has 1 aliphatic rings. The third kappa shape index (κ3) is 4.27. The molecule has 2 atom stereocenters. The summed E-state index contributed by atoms with van der Waals surface area (Å²) < 4.78 is 7.24. The minimum Gasteiger partial charge on any atom is -0.495 e. The molecular formula is C23H23ClN4O3. The highest BCUT2D eigenvalue weighted by Crippen LogP contribution is 2.33. The van der Waals surface area contributed by atoms with Crippen LogP contribution in [0.15, 0.2) is 60.9 Å². The molecule has 3 aromatic rings. The van der Waals surface area contributed by atoms with Crippen molar-refractivity contribution in [3.8, 4) is 5.75 Å². The first kappa shape index (κ1) is 20.9. The predicted octanol–water partition coefficient (Wildman–Crippen LogP) is 3.34. The molecule has 2 heterocycles. The summed E-state index contributed by atoms with van der Waals surface area (Å²) in [6.07, 6.45) is 3.65. The second kappa shape index (κ2) is 8.81. The fraction of sp³-hybridized carbons (Fsp3) is 0.261. The highest BCUT2D eigenvalue weighted by molar-refractivity contribution is 6.30. The number of hydrogen-bond acceptors (Lipinski definition) is 4. The normalized spacial score (nSPS) is 16.9. The van der Waals surface area contributed by atoms with Crippen LogP contribution in [-0.4, -0.2) is 35.0 Å². The van der Waals surface area contributed by atoms with Crippen LogP contribution in [0.2, 0.25) is 5.02 Å². The highest BCUT2D eigenvalue weighted by Gasteiger charge is 2.37. The van der Waals surface area contributed by atoms with E-state index in [1.54, 1.807) is 36.4 Å². The molecule has 0 unspecified atom stereocenters.